The van der Waals surface area contributed by atoms with E-state index >= 15 is 0 Å². The number of rotatable bonds is 3. The maximum absolute atomic E-state index is 12.6. The highest BCUT2D eigenvalue weighted by molar-refractivity contribution is 9.10. The second-order valence-corrected chi connectivity index (χ2v) is 5.07. The first kappa shape index (κ1) is 14.7. The van der Waals surface area contributed by atoms with Crippen molar-refractivity contribution in [3.8, 4) is 5.75 Å². The van der Waals surface area contributed by atoms with Crippen LogP contribution in [0, 0.1) is 0 Å². The fourth-order valence-corrected chi connectivity index (χ4v) is 2.00. The van der Waals surface area contributed by atoms with Crippen molar-refractivity contribution in [2.75, 3.05) is 5.73 Å². The van der Waals surface area contributed by atoms with Crippen LogP contribution >= 0.6 is 15.9 Å². The van der Waals surface area contributed by atoms with Gasteiger partial charge in [-0.3, -0.25) is 0 Å². The summed E-state index contributed by atoms with van der Waals surface area (Å²) >= 11 is 3.28. The SMILES string of the molecule is Nc1cc(Br)ccc1COc1cccc(C(F)(F)F)c1. The Kier molecular flexibility index (Phi) is 4.23. The Labute approximate surface area is 122 Å². The first-order valence-corrected chi connectivity index (χ1v) is 6.49. The maximum atomic E-state index is 12.6. The second-order valence-electron chi connectivity index (χ2n) is 4.16. The van der Waals surface area contributed by atoms with E-state index in [1.165, 1.54) is 12.1 Å². The number of benzene rings is 2. The highest BCUT2D eigenvalue weighted by Gasteiger charge is 2.30. The summed E-state index contributed by atoms with van der Waals surface area (Å²) in [4.78, 5) is 0. The van der Waals surface area contributed by atoms with Crippen LogP contribution in [0.15, 0.2) is 46.9 Å². The molecule has 0 aromatic heterocycles. The maximum Gasteiger partial charge on any atom is 0.416 e. The minimum absolute atomic E-state index is 0.112. The second kappa shape index (κ2) is 5.75. The van der Waals surface area contributed by atoms with E-state index in [0.717, 1.165) is 16.6 Å². The minimum Gasteiger partial charge on any atom is -0.489 e. The molecule has 0 saturated carbocycles. The van der Waals surface area contributed by atoms with Crippen molar-refractivity contribution >= 4 is 21.6 Å². The number of halogens is 4. The van der Waals surface area contributed by atoms with Gasteiger partial charge in [0.25, 0.3) is 0 Å². The third-order valence-corrected chi connectivity index (χ3v) is 3.16. The monoisotopic (exact) mass is 345 g/mol. The summed E-state index contributed by atoms with van der Waals surface area (Å²) in [5, 5.41) is 0. The molecule has 20 heavy (non-hydrogen) atoms. The van der Waals surface area contributed by atoms with Crippen molar-refractivity contribution in [1.29, 1.82) is 0 Å². The standard InChI is InChI=1S/C14H11BrF3NO/c15-11-5-4-9(13(19)7-11)8-20-12-3-1-2-10(6-12)14(16,17)18/h1-7H,8,19H2. The molecule has 0 heterocycles. The van der Waals surface area contributed by atoms with Crippen molar-refractivity contribution in [1.82, 2.24) is 0 Å². The van der Waals surface area contributed by atoms with Crippen LogP contribution in [0.3, 0.4) is 0 Å². The average Bonchev–Trinajstić information content (AvgIpc) is 2.37. The average molecular weight is 346 g/mol. The molecular formula is C14H11BrF3NO. The lowest BCUT2D eigenvalue weighted by molar-refractivity contribution is -0.137. The molecule has 2 aromatic carbocycles. The third kappa shape index (κ3) is 3.66. The first-order chi connectivity index (χ1) is 9.36. The lowest BCUT2D eigenvalue weighted by Crippen LogP contribution is -2.05. The zero-order valence-corrected chi connectivity index (χ0v) is 11.8. The van der Waals surface area contributed by atoms with Gasteiger partial charge >= 0.3 is 6.18 Å². The molecule has 0 amide bonds. The Morgan fingerprint density at radius 3 is 2.50 bits per heavy atom. The summed E-state index contributed by atoms with van der Waals surface area (Å²) in [5.74, 6) is 0.155. The molecule has 0 aliphatic rings. The van der Waals surface area contributed by atoms with Gasteiger partial charge in [0.2, 0.25) is 0 Å². The van der Waals surface area contributed by atoms with Crippen LogP contribution in [-0.4, -0.2) is 0 Å². The fourth-order valence-electron chi connectivity index (χ4n) is 1.62. The molecule has 6 heteroatoms. The highest BCUT2D eigenvalue weighted by atomic mass is 79.9. The number of alkyl halides is 3. The molecule has 0 fully saturated rings. The quantitative estimate of drug-likeness (QED) is 0.823. The number of nitrogens with two attached hydrogens (primary N) is 1. The Balaban J connectivity index is 2.11. The number of hydrogen-bond acceptors (Lipinski definition) is 2. The topological polar surface area (TPSA) is 35.2 Å². The van der Waals surface area contributed by atoms with Gasteiger partial charge in [0.15, 0.2) is 0 Å². The molecule has 0 aliphatic carbocycles. The van der Waals surface area contributed by atoms with E-state index in [1.54, 1.807) is 18.2 Å². The summed E-state index contributed by atoms with van der Waals surface area (Å²) in [6.45, 7) is 0.112. The van der Waals surface area contributed by atoms with E-state index in [0.29, 0.717) is 11.3 Å². The zero-order chi connectivity index (χ0) is 14.8. The molecule has 0 bridgehead atoms. The van der Waals surface area contributed by atoms with Crippen LogP contribution in [0.25, 0.3) is 0 Å². The third-order valence-electron chi connectivity index (χ3n) is 2.66. The Morgan fingerprint density at radius 1 is 1.10 bits per heavy atom. The van der Waals surface area contributed by atoms with Crippen LogP contribution < -0.4 is 10.5 Å². The van der Waals surface area contributed by atoms with Gasteiger partial charge < -0.3 is 10.5 Å². The van der Waals surface area contributed by atoms with Crippen LogP contribution in [0.4, 0.5) is 18.9 Å². The van der Waals surface area contributed by atoms with Gasteiger partial charge in [-0.15, -0.1) is 0 Å². The summed E-state index contributed by atoms with van der Waals surface area (Å²) in [6.07, 6.45) is -4.38. The molecule has 0 aliphatic heterocycles. The number of nitrogen functional groups attached to an aromatic ring is 1. The number of ether oxygens (including phenoxy) is 1. The molecule has 106 valence electrons. The predicted molar refractivity (Wildman–Crippen MR) is 74.3 cm³/mol. The van der Waals surface area contributed by atoms with E-state index in [2.05, 4.69) is 15.9 Å². The van der Waals surface area contributed by atoms with Gasteiger partial charge in [-0.05, 0) is 30.3 Å². The summed E-state index contributed by atoms with van der Waals surface area (Å²) in [6, 6.07) is 10.0. The lowest BCUT2D eigenvalue weighted by atomic mass is 10.2. The highest BCUT2D eigenvalue weighted by Crippen LogP contribution is 2.31. The van der Waals surface area contributed by atoms with Crippen molar-refractivity contribution < 1.29 is 17.9 Å². The Bertz CT molecular complexity index is 614. The summed E-state index contributed by atoms with van der Waals surface area (Å²) in [7, 11) is 0. The van der Waals surface area contributed by atoms with E-state index < -0.39 is 11.7 Å². The van der Waals surface area contributed by atoms with Crippen LogP contribution in [0.2, 0.25) is 0 Å². The Hall–Kier alpha value is -1.69. The summed E-state index contributed by atoms with van der Waals surface area (Å²) < 4.78 is 43.9. The molecule has 2 N–H and O–H groups in total. The van der Waals surface area contributed by atoms with Gasteiger partial charge in [0, 0.05) is 15.7 Å². The van der Waals surface area contributed by atoms with Crippen molar-refractivity contribution in [2.45, 2.75) is 12.8 Å². The van der Waals surface area contributed by atoms with Crippen molar-refractivity contribution in [2.24, 2.45) is 0 Å². The van der Waals surface area contributed by atoms with Crippen molar-refractivity contribution in [3.63, 3.8) is 0 Å². The fraction of sp³-hybridized carbons (Fsp3) is 0.143. The van der Waals surface area contributed by atoms with Crippen LogP contribution in [0.1, 0.15) is 11.1 Å². The molecular weight excluding hydrogens is 335 g/mol. The van der Waals surface area contributed by atoms with Gasteiger partial charge in [-0.25, -0.2) is 0 Å². The molecule has 0 radical (unpaired) electrons. The van der Waals surface area contributed by atoms with E-state index in [4.69, 9.17) is 10.5 Å². The van der Waals surface area contributed by atoms with Crippen molar-refractivity contribution in [3.05, 3.63) is 58.1 Å². The van der Waals surface area contributed by atoms with Gasteiger partial charge in [-0.2, -0.15) is 13.2 Å². The van der Waals surface area contributed by atoms with E-state index in [9.17, 15) is 13.2 Å². The first-order valence-electron chi connectivity index (χ1n) is 5.70. The molecule has 0 saturated heterocycles. The summed E-state index contributed by atoms with van der Waals surface area (Å²) in [5.41, 5.74) is 6.29. The lowest BCUT2D eigenvalue weighted by Gasteiger charge is -2.11. The number of anilines is 1. The van der Waals surface area contributed by atoms with E-state index in [-0.39, 0.29) is 12.4 Å². The normalized spacial score (nSPS) is 11.4. The van der Waals surface area contributed by atoms with Gasteiger partial charge in [0.1, 0.15) is 12.4 Å². The molecule has 0 spiro atoms. The van der Waals surface area contributed by atoms with Crippen LogP contribution in [0.5, 0.6) is 5.75 Å². The molecule has 2 nitrogen and oxygen atoms in total. The molecule has 2 rings (SSSR count). The zero-order valence-electron chi connectivity index (χ0n) is 10.2. The molecule has 2 aromatic rings. The minimum atomic E-state index is -4.38. The van der Waals surface area contributed by atoms with Gasteiger partial charge in [-0.1, -0.05) is 28.1 Å². The van der Waals surface area contributed by atoms with E-state index in [1.807, 2.05) is 0 Å². The van der Waals surface area contributed by atoms with Gasteiger partial charge in [0.05, 0.1) is 5.56 Å². The smallest absolute Gasteiger partial charge is 0.416 e. The molecule has 0 unspecified atom stereocenters. The largest absolute Gasteiger partial charge is 0.489 e. The van der Waals surface area contributed by atoms with Crippen LogP contribution in [-0.2, 0) is 12.8 Å². The Morgan fingerprint density at radius 2 is 1.85 bits per heavy atom. The predicted octanol–water partition coefficient (Wildman–Crippen LogP) is 4.63. The number of hydrogen-bond donors (Lipinski definition) is 1. The molecule has 0 atom stereocenters.